The molecular weight excluding hydrogens is 461 g/mol. The van der Waals surface area contributed by atoms with E-state index in [0.717, 1.165) is 42.0 Å². The molecule has 0 amide bonds. The van der Waals surface area contributed by atoms with Crippen molar-refractivity contribution in [2.24, 2.45) is 0 Å². The normalized spacial score (nSPS) is 11.5. The summed E-state index contributed by atoms with van der Waals surface area (Å²) in [6, 6.07) is 13.3. The molecule has 0 aromatic heterocycles. The van der Waals surface area contributed by atoms with Crippen LogP contribution in [0.4, 0.5) is 30.7 Å². The Kier molecular flexibility index (Phi) is 6.08. The van der Waals surface area contributed by atoms with E-state index in [2.05, 4.69) is 4.74 Å². The van der Waals surface area contributed by atoms with E-state index in [1.807, 2.05) is 0 Å². The Bertz CT molecular complexity index is 1360. The van der Waals surface area contributed by atoms with E-state index in [9.17, 15) is 30.7 Å². The number of aryl methyl sites for hydroxylation is 1. The fraction of sp³-hybridized carbons (Fsp3) is 0.0769. The van der Waals surface area contributed by atoms with Crippen LogP contribution in [0.3, 0.4) is 0 Å². The predicted octanol–water partition coefficient (Wildman–Crippen LogP) is 8.15. The number of rotatable bonds is 5. The zero-order valence-corrected chi connectivity index (χ0v) is 17.5. The van der Waals surface area contributed by atoms with Gasteiger partial charge in [0.05, 0.1) is 0 Å². The van der Waals surface area contributed by atoms with Gasteiger partial charge in [-0.2, -0.15) is 8.78 Å². The summed E-state index contributed by atoms with van der Waals surface area (Å²) in [6.07, 6.45) is -4.34. The molecule has 34 heavy (non-hydrogen) atoms. The second-order valence-electron chi connectivity index (χ2n) is 7.54. The van der Waals surface area contributed by atoms with Crippen molar-refractivity contribution >= 4 is 0 Å². The minimum atomic E-state index is -4.34. The molecule has 0 aliphatic carbocycles. The van der Waals surface area contributed by atoms with E-state index in [1.165, 1.54) is 12.1 Å². The van der Waals surface area contributed by atoms with Crippen LogP contribution in [-0.4, -0.2) is 0 Å². The highest BCUT2D eigenvalue weighted by Crippen LogP contribution is 2.37. The van der Waals surface area contributed by atoms with Gasteiger partial charge in [-0.15, -0.1) is 0 Å². The average Bonchev–Trinajstić information content (AvgIpc) is 2.78. The lowest BCUT2D eigenvalue weighted by Crippen LogP contribution is -2.24. The van der Waals surface area contributed by atoms with Gasteiger partial charge >= 0.3 is 6.11 Å². The summed E-state index contributed by atoms with van der Waals surface area (Å²) < 4.78 is 104. The molecule has 8 heteroatoms. The summed E-state index contributed by atoms with van der Waals surface area (Å²) in [5.74, 6) is -7.38. The molecule has 4 aromatic rings. The van der Waals surface area contributed by atoms with Gasteiger partial charge in [-0.25, -0.2) is 22.0 Å². The van der Waals surface area contributed by atoms with Crippen molar-refractivity contribution < 1.29 is 35.5 Å². The Morgan fingerprint density at radius 3 is 1.88 bits per heavy atom. The highest BCUT2D eigenvalue weighted by atomic mass is 19.3. The predicted molar refractivity (Wildman–Crippen MR) is 113 cm³/mol. The maximum atomic E-state index is 14.7. The molecule has 0 aliphatic heterocycles. The van der Waals surface area contributed by atoms with E-state index in [-0.39, 0.29) is 16.7 Å². The fourth-order valence-electron chi connectivity index (χ4n) is 3.39. The molecular formula is C26H15F7O. The zero-order chi connectivity index (χ0) is 24.6. The molecule has 1 nitrogen and oxygen atoms in total. The van der Waals surface area contributed by atoms with E-state index in [0.29, 0.717) is 17.7 Å². The summed E-state index contributed by atoms with van der Waals surface area (Å²) in [5.41, 5.74) is -0.634. The van der Waals surface area contributed by atoms with Gasteiger partial charge in [0.2, 0.25) is 0 Å². The SMILES string of the molecule is Cc1ccc(-c2ccc(C(F)(F)Oc3ccc(-c4ccc(F)c(F)c4)c(F)c3)c(F)c2F)cc1. The molecule has 0 saturated carbocycles. The van der Waals surface area contributed by atoms with Crippen LogP contribution in [-0.2, 0) is 6.11 Å². The van der Waals surface area contributed by atoms with Gasteiger partial charge in [-0.1, -0.05) is 42.0 Å². The van der Waals surface area contributed by atoms with Crippen LogP contribution in [0.25, 0.3) is 22.3 Å². The largest absolute Gasteiger partial charge is 0.429 e. The third-order valence-electron chi connectivity index (χ3n) is 5.18. The second kappa shape index (κ2) is 8.85. The topological polar surface area (TPSA) is 9.23 Å². The number of hydrogen-bond donors (Lipinski definition) is 0. The van der Waals surface area contributed by atoms with Gasteiger partial charge in [-0.3, -0.25) is 0 Å². The molecule has 174 valence electrons. The van der Waals surface area contributed by atoms with Gasteiger partial charge in [0.15, 0.2) is 23.3 Å². The number of halogens is 7. The summed E-state index contributed by atoms with van der Waals surface area (Å²) in [6.45, 7) is 1.80. The first kappa shape index (κ1) is 23.4. The highest BCUT2D eigenvalue weighted by Gasteiger charge is 2.39. The van der Waals surface area contributed by atoms with Crippen LogP contribution in [0, 0.1) is 36.0 Å². The van der Waals surface area contributed by atoms with Crippen LogP contribution in [0.2, 0.25) is 0 Å². The summed E-state index contributed by atoms with van der Waals surface area (Å²) in [5, 5.41) is 0. The average molecular weight is 476 g/mol. The molecule has 0 radical (unpaired) electrons. The first-order valence-corrected chi connectivity index (χ1v) is 9.94. The molecule has 4 rings (SSSR count). The minimum absolute atomic E-state index is 0.0329. The van der Waals surface area contributed by atoms with Gasteiger partial charge < -0.3 is 4.74 Å². The Labute approximate surface area is 190 Å². The van der Waals surface area contributed by atoms with Crippen molar-refractivity contribution in [3.05, 3.63) is 113 Å². The van der Waals surface area contributed by atoms with Crippen molar-refractivity contribution in [1.29, 1.82) is 0 Å². The van der Waals surface area contributed by atoms with Crippen LogP contribution in [0.15, 0.2) is 72.8 Å². The first-order chi connectivity index (χ1) is 16.1. The molecule has 4 aromatic carbocycles. The van der Waals surface area contributed by atoms with Crippen molar-refractivity contribution in [2.75, 3.05) is 0 Å². The minimum Gasteiger partial charge on any atom is -0.429 e. The Balaban J connectivity index is 1.62. The fourth-order valence-corrected chi connectivity index (χ4v) is 3.39. The Hall–Kier alpha value is -3.81. The summed E-state index contributed by atoms with van der Waals surface area (Å²) >= 11 is 0. The van der Waals surface area contributed by atoms with Gasteiger partial charge in [0, 0.05) is 17.2 Å². The van der Waals surface area contributed by atoms with Crippen LogP contribution < -0.4 is 4.74 Å². The number of ether oxygens (including phenoxy) is 1. The van der Waals surface area contributed by atoms with Crippen LogP contribution in [0.1, 0.15) is 11.1 Å². The maximum Gasteiger partial charge on any atom is 0.429 e. The summed E-state index contributed by atoms with van der Waals surface area (Å²) in [4.78, 5) is 0. The lowest BCUT2D eigenvalue weighted by molar-refractivity contribution is -0.187. The molecule has 0 heterocycles. The number of alkyl halides is 2. The molecule has 0 N–H and O–H groups in total. The Morgan fingerprint density at radius 2 is 1.24 bits per heavy atom. The smallest absolute Gasteiger partial charge is 0.429 e. The molecule has 0 atom stereocenters. The summed E-state index contributed by atoms with van der Waals surface area (Å²) in [7, 11) is 0. The molecule has 0 fully saturated rings. The molecule has 0 bridgehead atoms. The van der Waals surface area contributed by atoms with Gasteiger partial charge in [0.25, 0.3) is 0 Å². The van der Waals surface area contributed by atoms with E-state index < -0.39 is 46.5 Å². The number of hydrogen-bond acceptors (Lipinski definition) is 1. The lowest BCUT2D eigenvalue weighted by Gasteiger charge is -2.20. The maximum absolute atomic E-state index is 14.7. The monoisotopic (exact) mass is 476 g/mol. The lowest BCUT2D eigenvalue weighted by atomic mass is 10.0. The Morgan fingerprint density at radius 1 is 0.588 bits per heavy atom. The van der Waals surface area contributed by atoms with E-state index in [4.69, 9.17) is 0 Å². The third kappa shape index (κ3) is 4.48. The number of benzene rings is 4. The molecule has 0 unspecified atom stereocenters. The highest BCUT2D eigenvalue weighted by molar-refractivity contribution is 5.66. The van der Waals surface area contributed by atoms with Crippen LogP contribution >= 0.6 is 0 Å². The van der Waals surface area contributed by atoms with E-state index >= 15 is 0 Å². The third-order valence-corrected chi connectivity index (χ3v) is 5.18. The van der Waals surface area contributed by atoms with Crippen molar-refractivity contribution in [3.8, 4) is 28.0 Å². The van der Waals surface area contributed by atoms with Crippen molar-refractivity contribution in [2.45, 2.75) is 13.0 Å². The van der Waals surface area contributed by atoms with Crippen LogP contribution in [0.5, 0.6) is 5.75 Å². The van der Waals surface area contributed by atoms with Crippen molar-refractivity contribution in [3.63, 3.8) is 0 Å². The van der Waals surface area contributed by atoms with Gasteiger partial charge in [-0.05, 0) is 48.4 Å². The molecule has 0 spiro atoms. The standard InChI is InChI=1S/C26H15F7O/c1-14-2-4-15(5-3-14)19-9-10-20(25(31)24(19)30)26(32,33)34-17-7-8-18(22(28)13-17)16-6-11-21(27)23(29)12-16/h2-13H,1H3. The molecule has 0 aliphatic rings. The zero-order valence-electron chi connectivity index (χ0n) is 17.5. The first-order valence-electron chi connectivity index (χ1n) is 9.94. The van der Waals surface area contributed by atoms with Crippen molar-refractivity contribution in [1.82, 2.24) is 0 Å². The molecule has 0 saturated heterocycles. The van der Waals surface area contributed by atoms with Gasteiger partial charge in [0.1, 0.15) is 17.1 Å². The second-order valence-corrected chi connectivity index (χ2v) is 7.54. The quantitative estimate of drug-likeness (QED) is 0.264. The van der Waals surface area contributed by atoms with E-state index in [1.54, 1.807) is 19.1 Å².